The lowest BCUT2D eigenvalue weighted by molar-refractivity contribution is 0.685. The molecule has 0 N–H and O–H groups in total. The van der Waals surface area contributed by atoms with E-state index in [1.54, 1.807) is 17.2 Å². The summed E-state index contributed by atoms with van der Waals surface area (Å²) in [6.07, 6.45) is 3.36. The Kier molecular flexibility index (Phi) is 3.42. The molecule has 90 valence electrons. The van der Waals surface area contributed by atoms with Gasteiger partial charge in [-0.2, -0.15) is 5.10 Å². The van der Waals surface area contributed by atoms with Gasteiger partial charge in [0.25, 0.3) is 0 Å². The highest BCUT2D eigenvalue weighted by molar-refractivity contribution is 9.10. The standard InChI is InChI=1S/C11H14BrN5/c1-8-4-9(12)5-13-11(8)16(2)6-10-14-7-15-17(10)3/h4-5,7H,6H2,1-3H3. The molecular weight excluding hydrogens is 282 g/mol. The summed E-state index contributed by atoms with van der Waals surface area (Å²) >= 11 is 3.41. The molecule has 0 spiro atoms. The van der Waals surface area contributed by atoms with Gasteiger partial charge in [0.15, 0.2) is 0 Å². The van der Waals surface area contributed by atoms with Gasteiger partial charge in [-0.05, 0) is 34.5 Å². The maximum atomic E-state index is 4.41. The molecule has 0 saturated carbocycles. The SMILES string of the molecule is Cc1cc(Br)cnc1N(C)Cc1ncnn1C. The zero-order valence-electron chi connectivity index (χ0n) is 10.1. The fraction of sp³-hybridized carbons (Fsp3) is 0.364. The van der Waals surface area contributed by atoms with Crippen molar-refractivity contribution in [2.45, 2.75) is 13.5 Å². The molecule has 0 saturated heterocycles. The molecule has 0 unspecified atom stereocenters. The van der Waals surface area contributed by atoms with Crippen molar-refractivity contribution >= 4 is 21.7 Å². The van der Waals surface area contributed by atoms with Crippen LogP contribution in [0.5, 0.6) is 0 Å². The third-order valence-corrected chi connectivity index (χ3v) is 3.00. The first-order valence-electron chi connectivity index (χ1n) is 5.24. The second kappa shape index (κ2) is 4.83. The van der Waals surface area contributed by atoms with Gasteiger partial charge in [0.05, 0.1) is 6.54 Å². The van der Waals surface area contributed by atoms with Crippen molar-refractivity contribution in [2.75, 3.05) is 11.9 Å². The number of anilines is 1. The van der Waals surface area contributed by atoms with Crippen LogP contribution >= 0.6 is 15.9 Å². The van der Waals surface area contributed by atoms with E-state index in [0.717, 1.165) is 21.7 Å². The second-order valence-electron chi connectivity index (χ2n) is 3.95. The number of hydrogen-bond donors (Lipinski definition) is 0. The zero-order chi connectivity index (χ0) is 12.4. The summed E-state index contributed by atoms with van der Waals surface area (Å²) in [5, 5.41) is 4.05. The lowest BCUT2D eigenvalue weighted by atomic mass is 10.3. The molecule has 17 heavy (non-hydrogen) atoms. The number of halogens is 1. The zero-order valence-corrected chi connectivity index (χ0v) is 11.6. The fourth-order valence-corrected chi connectivity index (χ4v) is 2.13. The van der Waals surface area contributed by atoms with E-state index in [-0.39, 0.29) is 0 Å². The average molecular weight is 296 g/mol. The van der Waals surface area contributed by atoms with Crippen molar-refractivity contribution in [1.29, 1.82) is 0 Å². The first-order chi connectivity index (χ1) is 8.08. The third-order valence-electron chi connectivity index (χ3n) is 2.56. The summed E-state index contributed by atoms with van der Waals surface area (Å²) in [5.41, 5.74) is 1.13. The summed E-state index contributed by atoms with van der Waals surface area (Å²) < 4.78 is 2.76. The van der Waals surface area contributed by atoms with Crippen LogP contribution in [0.15, 0.2) is 23.1 Å². The Morgan fingerprint density at radius 1 is 1.41 bits per heavy atom. The molecule has 0 aliphatic heterocycles. The minimum Gasteiger partial charge on any atom is -0.352 e. The summed E-state index contributed by atoms with van der Waals surface area (Å²) in [5.74, 6) is 1.87. The first-order valence-corrected chi connectivity index (χ1v) is 6.03. The van der Waals surface area contributed by atoms with Crippen molar-refractivity contribution in [1.82, 2.24) is 19.7 Å². The monoisotopic (exact) mass is 295 g/mol. The number of aromatic nitrogens is 4. The Hall–Kier alpha value is -1.43. The van der Waals surface area contributed by atoms with Crippen LogP contribution in [0.3, 0.4) is 0 Å². The van der Waals surface area contributed by atoms with Crippen LogP contribution in [0.4, 0.5) is 5.82 Å². The second-order valence-corrected chi connectivity index (χ2v) is 4.87. The molecular formula is C11H14BrN5. The van der Waals surface area contributed by atoms with Gasteiger partial charge in [-0.3, -0.25) is 4.68 Å². The van der Waals surface area contributed by atoms with Crippen LogP contribution in [-0.2, 0) is 13.6 Å². The third kappa shape index (κ3) is 2.63. The van der Waals surface area contributed by atoms with Gasteiger partial charge in [-0.1, -0.05) is 0 Å². The molecule has 0 aromatic carbocycles. The summed E-state index contributed by atoms with van der Waals surface area (Å²) in [7, 11) is 3.88. The quantitative estimate of drug-likeness (QED) is 0.868. The number of nitrogens with zero attached hydrogens (tertiary/aromatic N) is 5. The Labute approximate surface area is 109 Å². The average Bonchev–Trinajstić information content (AvgIpc) is 2.64. The van der Waals surface area contributed by atoms with Crippen molar-refractivity contribution in [2.24, 2.45) is 7.05 Å². The molecule has 0 bridgehead atoms. The fourth-order valence-electron chi connectivity index (χ4n) is 1.68. The Morgan fingerprint density at radius 2 is 2.18 bits per heavy atom. The maximum absolute atomic E-state index is 4.41. The van der Waals surface area contributed by atoms with E-state index in [0.29, 0.717) is 6.54 Å². The minimum absolute atomic E-state index is 0.686. The Balaban J connectivity index is 2.20. The molecule has 0 aliphatic rings. The molecule has 2 heterocycles. The van der Waals surface area contributed by atoms with Crippen LogP contribution < -0.4 is 4.90 Å². The molecule has 5 nitrogen and oxygen atoms in total. The van der Waals surface area contributed by atoms with E-state index < -0.39 is 0 Å². The largest absolute Gasteiger partial charge is 0.352 e. The molecule has 2 aromatic rings. The number of hydrogen-bond acceptors (Lipinski definition) is 4. The normalized spacial score (nSPS) is 10.6. The van der Waals surface area contributed by atoms with Crippen LogP contribution in [0.1, 0.15) is 11.4 Å². The van der Waals surface area contributed by atoms with E-state index in [9.17, 15) is 0 Å². The number of rotatable bonds is 3. The molecule has 0 aliphatic carbocycles. The Bertz CT molecular complexity index is 522. The van der Waals surface area contributed by atoms with Crippen LogP contribution in [0.2, 0.25) is 0 Å². The summed E-state index contributed by atoms with van der Waals surface area (Å²) in [6.45, 7) is 2.73. The van der Waals surface area contributed by atoms with E-state index >= 15 is 0 Å². The maximum Gasteiger partial charge on any atom is 0.146 e. The highest BCUT2D eigenvalue weighted by atomic mass is 79.9. The molecule has 0 fully saturated rings. The minimum atomic E-state index is 0.686. The van der Waals surface area contributed by atoms with E-state index in [4.69, 9.17) is 0 Å². The van der Waals surface area contributed by atoms with E-state index in [1.807, 2.05) is 21.0 Å². The van der Waals surface area contributed by atoms with E-state index in [2.05, 4.69) is 42.0 Å². The lowest BCUT2D eigenvalue weighted by Crippen LogP contribution is -2.21. The van der Waals surface area contributed by atoms with Crippen LogP contribution in [0, 0.1) is 6.92 Å². The van der Waals surface area contributed by atoms with Gasteiger partial charge in [0.2, 0.25) is 0 Å². The van der Waals surface area contributed by atoms with Gasteiger partial charge >= 0.3 is 0 Å². The van der Waals surface area contributed by atoms with Crippen LogP contribution in [0.25, 0.3) is 0 Å². The van der Waals surface area contributed by atoms with Gasteiger partial charge in [-0.15, -0.1) is 0 Å². The van der Waals surface area contributed by atoms with Gasteiger partial charge < -0.3 is 4.90 Å². The number of pyridine rings is 1. The predicted molar refractivity (Wildman–Crippen MR) is 69.8 cm³/mol. The van der Waals surface area contributed by atoms with Crippen LogP contribution in [-0.4, -0.2) is 26.8 Å². The van der Waals surface area contributed by atoms with Gasteiger partial charge in [0.1, 0.15) is 18.0 Å². The van der Waals surface area contributed by atoms with Crippen molar-refractivity contribution < 1.29 is 0 Å². The highest BCUT2D eigenvalue weighted by Gasteiger charge is 2.10. The first kappa shape index (κ1) is 12.0. The molecule has 0 radical (unpaired) electrons. The molecule has 2 aromatic heterocycles. The Morgan fingerprint density at radius 3 is 2.76 bits per heavy atom. The van der Waals surface area contributed by atoms with Gasteiger partial charge in [-0.25, -0.2) is 9.97 Å². The van der Waals surface area contributed by atoms with Crippen molar-refractivity contribution in [3.8, 4) is 0 Å². The topological polar surface area (TPSA) is 46.8 Å². The number of aryl methyl sites for hydroxylation is 2. The highest BCUT2D eigenvalue weighted by Crippen LogP contribution is 2.20. The molecule has 0 atom stereocenters. The molecule has 0 amide bonds. The van der Waals surface area contributed by atoms with Gasteiger partial charge in [0, 0.05) is 24.8 Å². The summed E-state index contributed by atoms with van der Waals surface area (Å²) in [6, 6.07) is 2.05. The summed E-state index contributed by atoms with van der Waals surface area (Å²) in [4.78, 5) is 10.7. The smallest absolute Gasteiger partial charge is 0.146 e. The van der Waals surface area contributed by atoms with E-state index in [1.165, 1.54) is 0 Å². The van der Waals surface area contributed by atoms with Crippen molar-refractivity contribution in [3.05, 3.63) is 34.5 Å². The predicted octanol–water partition coefficient (Wildman–Crippen LogP) is 1.92. The van der Waals surface area contributed by atoms with Crippen molar-refractivity contribution in [3.63, 3.8) is 0 Å². The molecule has 6 heteroatoms. The molecule has 2 rings (SSSR count). The lowest BCUT2D eigenvalue weighted by Gasteiger charge is -2.19.